The van der Waals surface area contributed by atoms with E-state index in [0.717, 1.165) is 23.5 Å². The Morgan fingerprint density at radius 2 is 1.96 bits per heavy atom. The van der Waals surface area contributed by atoms with Crippen LogP contribution in [0.3, 0.4) is 0 Å². The zero-order valence-corrected chi connectivity index (χ0v) is 15.8. The van der Waals surface area contributed by atoms with E-state index in [-0.39, 0.29) is 30.1 Å². The van der Waals surface area contributed by atoms with E-state index in [0.29, 0.717) is 6.61 Å². The second-order valence-corrected chi connectivity index (χ2v) is 6.89. The fourth-order valence-electron chi connectivity index (χ4n) is 2.84. The minimum Gasteiger partial charge on any atom is -0.497 e. The Labute approximate surface area is 153 Å². The summed E-state index contributed by atoms with van der Waals surface area (Å²) in [6, 6.07) is 7.53. The van der Waals surface area contributed by atoms with Crippen molar-refractivity contribution in [2.75, 3.05) is 13.7 Å². The fourth-order valence-corrected chi connectivity index (χ4v) is 3.68. The van der Waals surface area contributed by atoms with Gasteiger partial charge < -0.3 is 9.47 Å². The van der Waals surface area contributed by atoms with Crippen LogP contribution in [-0.4, -0.2) is 29.9 Å². The van der Waals surface area contributed by atoms with Crippen LogP contribution in [0.15, 0.2) is 41.4 Å². The quantitative estimate of drug-likeness (QED) is 0.515. The highest BCUT2D eigenvalue weighted by Gasteiger charge is 2.35. The molecule has 0 aliphatic carbocycles. The van der Waals surface area contributed by atoms with E-state index < -0.39 is 0 Å². The second kappa shape index (κ2) is 9.51. The van der Waals surface area contributed by atoms with Crippen molar-refractivity contribution in [3.63, 3.8) is 0 Å². The molecular formula is C19H25NO4S. The Morgan fingerprint density at radius 3 is 2.56 bits per heavy atom. The third kappa shape index (κ3) is 5.26. The molecule has 0 spiro atoms. The smallest absolute Gasteiger partial charge is 0.306 e. The van der Waals surface area contributed by atoms with Crippen molar-refractivity contribution in [1.82, 2.24) is 4.31 Å². The normalized spacial score (nSPS) is 19.8. The number of hydrogen-bond donors (Lipinski definition) is 0. The van der Waals surface area contributed by atoms with Gasteiger partial charge in [-0.15, -0.1) is 0 Å². The molecule has 0 radical (unpaired) electrons. The van der Waals surface area contributed by atoms with Gasteiger partial charge in [0.25, 0.3) is 0 Å². The number of amides is 1. The van der Waals surface area contributed by atoms with Gasteiger partial charge in [-0.05, 0) is 55.5 Å². The summed E-state index contributed by atoms with van der Waals surface area (Å²) in [5.74, 6) is 0.124. The van der Waals surface area contributed by atoms with E-state index in [9.17, 15) is 9.59 Å². The van der Waals surface area contributed by atoms with Crippen LogP contribution in [0, 0.1) is 11.8 Å². The number of carbonyl (C=O) groups is 2. The number of methoxy groups -OCH3 is 1. The zero-order valence-electron chi connectivity index (χ0n) is 14.9. The third-order valence-electron chi connectivity index (χ3n) is 4.10. The summed E-state index contributed by atoms with van der Waals surface area (Å²) in [5, 5.41) is 0. The average Bonchev–Trinajstić information content (AvgIpc) is 2.61. The van der Waals surface area contributed by atoms with Crippen molar-refractivity contribution in [2.45, 2.75) is 38.0 Å². The van der Waals surface area contributed by atoms with Crippen molar-refractivity contribution in [2.24, 2.45) is 11.8 Å². The molecule has 0 saturated carbocycles. The van der Waals surface area contributed by atoms with Crippen molar-refractivity contribution in [1.29, 1.82) is 0 Å². The maximum atomic E-state index is 12.9. The van der Waals surface area contributed by atoms with E-state index in [2.05, 4.69) is 6.92 Å². The topological polar surface area (TPSA) is 55.8 Å². The molecule has 5 nitrogen and oxygen atoms in total. The predicted molar refractivity (Wildman–Crippen MR) is 98.0 cm³/mol. The molecule has 1 amide bonds. The number of nitrogens with zero attached hydrogens (tertiary/aromatic N) is 1. The lowest BCUT2D eigenvalue weighted by Gasteiger charge is -2.31. The molecule has 25 heavy (non-hydrogen) atoms. The molecular weight excluding hydrogens is 338 g/mol. The average molecular weight is 363 g/mol. The van der Waals surface area contributed by atoms with Gasteiger partial charge in [0, 0.05) is 11.1 Å². The number of esters is 1. The van der Waals surface area contributed by atoms with Gasteiger partial charge in [0.1, 0.15) is 5.75 Å². The molecule has 0 aromatic heterocycles. The van der Waals surface area contributed by atoms with E-state index in [1.165, 1.54) is 11.9 Å². The first-order valence-electron chi connectivity index (χ1n) is 8.58. The van der Waals surface area contributed by atoms with Gasteiger partial charge in [0.05, 0.1) is 26.1 Å². The number of hydrogen-bond acceptors (Lipinski definition) is 5. The molecule has 1 aliphatic heterocycles. The lowest BCUT2D eigenvalue weighted by Crippen LogP contribution is -2.37. The number of ether oxygens (including phenoxy) is 2. The Balaban J connectivity index is 2.11. The van der Waals surface area contributed by atoms with Gasteiger partial charge in [-0.3, -0.25) is 13.9 Å². The monoisotopic (exact) mass is 363 g/mol. The maximum absolute atomic E-state index is 12.9. The maximum Gasteiger partial charge on any atom is 0.306 e. The summed E-state index contributed by atoms with van der Waals surface area (Å²) in [4.78, 5) is 25.7. The van der Waals surface area contributed by atoms with Gasteiger partial charge in [0.2, 0.25) is 5.91 Å². The van der Waals surface area contributed by atoms with Crippen LogP contribution in [0.4, 0.5) is 0 Å². The summed E-state index contributed by atoms with van der Waals surface area (Å²) in [7, 11) is 1.62. The number of rotatable bonds is 8. The van der Waals surface area contributed by atoms with E-state index >= 15 is 0 Å². The molecule has 2 rings (SSSR count). The van der Waals surface area contributed by atoms with E-state index in [4.69, 9.17) is 9.47 Å². The minimum absolute atomic E-state index is 0.0465. The summed E-state index contributed by atoms with van der Waals surface area (Å²) in [6.07, 6.45) is 5.83. The number of allylic oxidation sites excluding steroid dienone is 1. The Bertz CT molecular complexity index is 614. The lowest BCUT2D eigenvalue weighted by molar-refractivity contribution is -0.148. The van der Waals surface area contributed by atoms with Gasteiger partial charge in [-0.2, -0.15) is 0 Å². The van der Waals surface area contributed by atoms with Crippen LogP contribution >= 0.6 is 11.9 Å². The highest BCUT2D eigenvalue weighted by Crippen LogP contribution is 2.35. The summed E-state index contributed by atoms with van der Waals surface area (Å²) >= 11 is 1.35. The van der Waals surface area contributed by atoms with Crippen molar-refractivity contribution >= 4 is 23.8 Å². The summed E-state index contributed by atoms with van der Waals surface area (Å²) < 4.78 is 11.8. The van der Waals surface area contributed by atoms with Gasteiger partial charge in [0.15, 0.2) is 0 Å². The SMILES string of the molecule is CCCC1C=CN(Sc2ccc(OC)cc2)C(=O)C1CC(=O)OCC. The highest BCUT2D eigenvalue weighted by molar-refractivity contribution is 7.97. The molecule has 0 N–H and O–H groups in total. The summed E-state index contributed by atoms with van der Waals surface area (Å²) in [6.45, 7) is 4.19. The fraction of sp³-hybridized carbons (Fsp3) is 0.474. The van der Waals surface area contributed by atoms with Crippen LogP contribution in [0.25, 0.3) is 0 Å². The predicted octanol–water partition coefficient (Wildman–Crippen LogP) is 4.04. The van der Waals surface area contributed by atoms with Crippen LogP contribution in [0.2, 0.25) is 0 Å². The first-order valence-corrected chi connectivity index (χ1v) is 9.35. The van der Waals surface area contributed by atoms with Crippen LogP contribution in [0.5, 0.6) is 5.75 Å². The molecule has 136 valence electrons. The Hall–Kier alpha value is -1.95. The first-order chi connectivity index (χ1) is 12.1. The highest BCUT2D eigenvalue weighted by atomic mass is 32.2. The van der Waals surface area contributed by atoms with E-state index in [1.54, 1.807) is 18.3 Å². The Morgan fingerprint density at radius 1 is 1.24 bits per heavy atom. The molecule has 1 aromatic rings. The molecule has 1 heterocycles. The van der Waals surface area contributed by atoms with Gasteiger partial charge in [-0.25, -0.2) is 0 Å². The van der Waals surface area contributed by atoms with Gasteiger partial charge >= 0.3 is 5.97 Å². The molecule has 0 fully saturated rings. The standard InChI is InChI=1S/C19H25NO4S/c1-4-6-14-11-12-20(19(22)17(14)13-18(21)24-5-2)25-16-9-7-15(23-3)8-10-16/h7-12,14,17H,4-6,13H2,1-3H3. The van der Waals surface area contributed by atoms with Gasteiger partial charge in [-0.1, -0.05) is 19.4 Å². The molecule has 0 bridgehead atoms. The zero-order chi connectivity index (χ0) is 18.2. The molecule has 6 heteroatoms. The molecule has 0 saturated heterocycles. The van der Waals surface area contributed by atoms with E-state index in [1.807, 2.05) is 36.5 Å². The van der Waals surface area contributed by atoms with Crippen LogP contribution < -0.4 is 4.74 Å². The lowest BCUT2D eigenvalue weighted by atomic mass is 9.84. The molecule has 1 aliphatic rings. The summed E-state index contributed by atoms with van der Waals surface area (Å²) in [5.41, 5.74) is 0. The van der Waals surface area contributed by atoms with Crippen LogP contribution in [0.1, 0.15) is 33.1 Å². The van der Waals surface area contributed by atoms with Crippen molar-refractivity contribution < 1.29 is 19.1 Å². The molecule has 2 atom stereocenters. The second-order valence-electron chi connectivity index (χ2n) is 5.84. The van der Waals surface area contributed by atoms with Crippen molar-refractivity contribution in [3.8, 4) is 5.75 Å². The first kappa shape index (κ1) is 19.4. The minimum atomic E-state index is -0.366. The van der Waals surface area contributed by atoms with Crippen LogP contribution in [-0.2, 0) is 14.3 Å². The molecule has 2 unspecified atom stereocenters. The Kier molecular flexibility index (Phi) is 7.37. The number of benzene rings is 1. The van der Waals surface area contributed by atoms with Crippen molar-refractivity contribution in [3.05, 3.63) is 36.5 Å². The molecule has 1 aromatic carbocycles. The largest absolute Gasteiger partial charge is 0.497 e. The third-order valence-corrected chi connectivity index (χ3v) is 5.08. The number of carbonyl (C=O) groups excluding carboxylic acids is 2.